The average molecular weight is 579 g/mol. The highest BCUT2D eigenvalue weighted by molar-refractivity contribution is 7.48. The molecule has 0 saturated carbocycles. The van der Waals surface area contributed by atoms with Crippen LogP contribution in [0.4, 0.5) is 0 Å². The molecular weight excluding hydrogens is 547 g/mol. The van der Waals surface area contributed by atoms with E-state index in [4.69, 9.17) is 23.0 Å². The van der Waals surface area contributed by atoms with Gasteiger partial charge in [0.05, 0.1) is 6.61 Å². The molecule has 1 aromatic heterocycles. The molecule has 10 nitrogen and oxygen atoms in total. The molecule has 3 aromatic carbocycles. The summed E-state index contributed by atoms with van der Waals surface area (Å²) in [6.07, 6.45) is -1.01. The van der Waals surface area contributed by atoms with Gasteiger partial charge in [0.15, 0.2) is 0 Å². The summed E-state index contributed by atoms with van der Waals surface area (Å²) in [5, 5.41) is 0. The average Bonchev–Trinajstić information content (AvgIpc) is 3.40. The Morgan fingerprint density at radius 3 is 1.83 bits per heavy atom. The smallest absolute Gasteiger partial charge is 0.358 e. The van der Waals surface area contributed by atoms with Gasteiger partial charge in [-0.1, -0.05) is 91.0 Å². The molecule has 0 amide bonds. The molecule has 0 radical (unpaired) electrons. The Labute approximate surface area is 237 Å². The Balaban J connectivity index is 1.55. The second-order valence-electron chi connectivity index (χ2n) is 9.43. The summed E-state index contributed by atoms with van der Waals surface area (Å²) in [6, 6.07) is 30.7. The molecule has 1 fully saturated rings. The number of phosphoric acid groups is 1. The lowest BCUT2D eigenvalue weighted by Gasteiger charge is -2.37. The zero-order valence-electron chi connectivity index (χ0n) is 22.6. The number of aromatic amines is 1. The molecule has 1 saturated heterocycles. The summed E-state index contributed by atoms with van der Waals surface area (Å²) in [5.41, 5.74) is 0.453. The van der Waals surface area contributed by atoms with E-state index in [9.17, 15) is 14.2 Å². The third-order valence-corrected chi connectivity index (χ3v) is 8.48. The van der Waals surface area contributed by atoms with E-state index in [0.29, 0.717) is 0 Å². The number of nitrogens with one attached hydrogen (secondary N) is 1. The Morgan fingerprint density at radius 1 is 0.854 bits per heavy atom. The van der Waals surface area contributed by atoms with Gasteiger partial charge in [0, 0.05) is 32.9 Å². The van der Waals surface area contributed by atoms with Crippen molar-refractivity contribution in [2.45, 2.75) is 30.5 Å². The summed E-state index contributed by atoms with van der Waals surface area (Å²) in [6.45, 7) is -0.0224. The number of hydrogen-bond donors (Lipinski definition) is 1. The van der Waals surface area contributed by atoms with Gasteiger partial charge in [0.1, 0.15) is 24.0 Å². The lowest BCUT2D eigenvalue weighted by molar-refractivity contribution is -0.0940. The van der Waals surface area contributed by atoms with Crippen molar-refractivity contribution in [1.82, 2.24) is 9.55 Å². The topological polar surface area (TPSA) is 118 Å². The molecule has 41 heavy (non-hydrogen) atoms. The molecule has 3 atom stereocenters. The van der Waals surface area contributed by atoms with E-state index in [-0.39, 0.29) is 13.0 Å². The van der Waals surface area contributed by atoms with Gasteiger partial charge in [-0.2, -0.15) is 0 Å². The van der Waals surface area contributed by atoms with Crippen LogP contribution in [0.3, 0.4) is 0 Å². The normalized spacial score (nSPS) is 19.3. The van der Waals surface area contributed by atoms with E-state index in [2.05, 4.69) is 4.98 Å². The standard InChI is InChI=1S/C30H31N2O8P/c1-36-41(35,37-2)40-25-20-28(32-19-18-27(33)31-29(32)34)39-26(25)21-38-30(22-12-6-3-7-13-22,23-14-8-4-9-15-23)24-16-10-5-11-17-24/h3-19,25-26,28H,20-21H2,1-2H3,(H,31,33,34)/t25-,26+,28+/m0/s1. The van der Waals surface area contributed by atoms with Crippen molar-refractivity contribution in [2.24, 2.45) is 0 Å². The van der Waals surface area contributed by atoms with Crippen LogP contribution in [-0.2, 0) is 33.2 Å². The first-order valence-corrected chi connectivity index (χ1v) is 14.5. The van der Waals surface area contributed by atoms with Crippen LogP contribution in [0.2, 0.25) is 0 Å². The van der Waals surface area contributed by atoms with Crippen molar-refractivity contribution in [2.75, 3.05) is 20.8 Å². The molecule has 1 aliphatic rings. The van der Waals surface area contributed by atoms with Crippen molar-refractivity contribution in [3.05, 3.63) is 141 Å². The fraction of sp³-hybridized carbons (Fsp3) is 0.267. The number of phosphoric ester groups is 1. The Kier molecular flexibility index (Phi) is 8.79. The van der Waals surface area contributed by atoms with Crippen LogP contribution in [0, 0.1) is 0 Å². The predicted molar refractivity (Wildman–Crippen MR) is 152 cm³/mol. The van der Waals surface area contributed by atoms with Crippen LogP contribution >= 0.6 is 7.82 Å². The molecule has 4 aromatic rings. The van der Waals surface area contributed by atoms with Gasteiger partial charge in [-0.15, -0.1) is 0 Å². The van der Waals surface area contributed by atoms with E-state index < -0.39 is 43.1 Å². The number of nitrogens with zero attached hydrogens (tertiary/aromatic N) is 1. The molecule has 0 spiro atoms. The first-order chi connectivity index (χ1) is 19.9. The summed E-state index contributed by atoms with van der Waals surface area (Å²) in [4.78, 5) is 26.4. The van der Waals surface area contributed by atoms with Gasteiger partial charge < -0.3 is 9.47 Å². The number of rotatable bonds is 11. The summed E-state index contributed by atoms with van der Waals surface area (Å²) in [7, 11) is -1.48. The molecule has 2 heterocycles. The minimum absolute atomic E-state index is 0.0224. The maximum atomic E-state index is 13.0. The van der Waals surface area contributed by atoms with Crippen molar-refractivity contribution in [3.8, 4) is 0 Å². The Bertz CT molecular complexity index is 1490. The molecule has 0 bridgehead atoms. The zero-order chi connectivity index (χ0) is 28.9. The quantitative estimate of drug-likeness (QED) is 0.202. The molecule has 0 aliphatic carbocycles. The van der Waals surface area contributed by atoms with Crippen LogP contribution in [0.1, 0.15) is 29.3 Å². The predicted octanol–water partition coefficient (Wildman–Crippen LogP) is 4.62. The van der Waals surface area contributed by atoms with Crippen LogP contribution in [0.5, 0.6) is 0 Å². The van der Waals surface area contributed by atoms with Gasteiger partial charge in [-0.05, 0) is 16.7 Å². The van der Waals surface area contributed by atoms with Crippen molar-refractivity contribution in [1.29, 1.82) is 0 Å². The third-order valence-electron chi connectivity index (χ3n) is 7.06. The first-order valence-electron chi connectivity index (χ1n) is 13.1. The lowest BCUT2D eigenvalue weighted by Crippen LogP contribution is -2.38. The van der Waals surface area contributed by atoms with Crippen molar-refractivity contribution >= 4 is 7.82 Å². The summed E-state index contributed by atoms with van der Waals surface area (Å²) in [5.74, 6) is 0. The molecule has 5 rings (SSSR count). The highest BCUT2D eigenvalue weighted by Crippen LogP contribution is 2.52. The van der Waals surface area contributed by atoms with Gasteiger partial charge in [0.2, 0.25) is 0 Å². The fourth-order valence-corrected chi connectivity index (χ4v) is 5.96. The van der Waals surface area contributed by atoms with Gasteiger partial charge in [-0.3, -0.25) is 27.9 Å². The van der Waals surface area contributed by atoms with Crippen LogP contribution < -0.4 is 11.2 Å². The van der Waals surface area contributed by atoms with Crippen molar-refractivity contribution < 1.29 is 27.6 Å². The maximum Gasteiger partial charge on any atom is 0.474 e. The summed E-state index contributed by atoms with van der Waals surface area (Å²) >= 11 is 0. The first kappa shape index (κ1) is 28.9. The second-order valence-corrected chi connectivity index (χ2v) is 11.3. The van der Waals surface area contributed by atoms with Crippen LogP contribution in [0.15, 0.2) is 113 Å². The fourth-order valence-electron chi connectivity index (χ4n) is 5.09. The number of benzene rings is 3. The van der Waals surface area contributed by atoms with E-state index >= 15 is 0 Å². The minimum Gasteiger partial charge on any atom is -0.358 e. The van der Waals surface area contributed by atoms with Gasteiger partial charge in [0.25, 0.3) is 5.56 Å². The minimum atomic E-state index is -3.92. The monoisotopic (exact) mass is 578 g/mol. The number of aromatic nitrogens is 2. The Morgan fingerprint density at radius 2 is 1.37 bits per heavy atom. The SMILES string of the molecule is COP(=O)(OC)O[C@H]1C[C@H](n2ccc(=O)[nH]c2=O)O[C@@H]1COC(c1ccccc1)(c1ccccc1)c1ccccc1. The highest BCUT2D eigenvalue weighted by atomic mass is 31.2. The molecule has 1 N–H and O–H groups in total. The molecule has 11 heteroatoms. The van der Waals surface area contributed by atoms with E-state index in [0.717, 1.165) is 16.7 Å². The van der Waals surface area contributed by atoms with Gasteiger partial charge >= 0.3 is 13.5 Å². The summed E-state index contributed by atoms with van der Waals surface area (Å²) < 4.78 is 43.3. The second kappa shape index (κ2) is 12.5. The molecule has 1 aliphatic heterocycles. The highest BCUT2D eigenvalue weighted by Gasteiger charge is 2.45. The number of H-pyrrole nitrogens is 1. The lowest BCUT2D eigenvalue weighted by atomic mass is 9.80. The van der Waals surface area contributed by atoms with E-state index in [1.54, 1.807) is 0 Å². The largest absolute Gasteiger partial charge is 0.474 e. The maximum absolute atomic E-state index is 13.0. The molecule has 0 unspecified atom stereocenters. The number of hydrogen-bond acceptors (Lipinski definition) is 8. The molecular formula is C30H31N2O8P. The van der Waals surface area contributed by atoms with E-state index in [1.165, 1.54) is 31.0 Å². The van der Waals surface area contributed by atoms with Crippen LogP contribution in [-0.4, -0.2) is 42.6 Å². The van der Waals surface area contributed by atoms with Gasteiger partial charge in [-0.25, -0.2) is 9.36 Å². The Hall–Kier alpha value is -3.63. The third kappa shape index (κ3) is 6.04. The van der Waals surface area contributed by atoms with E-state index in [1.807, 2.05) is 91.0 Å². The van der Waals surface area contributed by atoms with Crippen molar-refractivity contribution in [3.63, 3.8) is 0 Å². The molecule has 214 valence electrons. The zero-order valence-corrected chi connectivity index (χ0v) is 23.5. The van der Waals surface area contributed by atoms with Crippen LogP contribution in [0.25, 0.3) is 0 Å². The number of ether oxygens (including phenoxy) is 2.